The van der Waals surface area contributed by atoms with Gasteiger partial charge in [0.05, 0.1) is 10.9 Å². The predicted molar refractivity (Wildman–Crippen MR) is 108 cm³/mol. The van der Waals surface area contributed by atoms with Gasteiger partial charge in [-0.3, -0.25) is 9.46 Å². The molecule has 1 atom stereocenters. The van der Waals surface area contributed by atoms with Crippen LogP contribution in [0.3, 0.4) is 0 Å². The van der Waals surface area contributed by atoms with Crippen molar-refractivity contribution in [3.63, 3.8) is 0 Å². The number of halogens is 2. The largest absolute Gasteiger partial charge is 0.340 e. The fourth-order valence-corrected chi connectivity index (χ4v) is 6.03. The molecule has 3 N–H and O–H groups in total. The normalized spacial score (nSPS) is 18.1. The Labute approximate surface area is 173 Å². The fourth-order valence-electron chi connectivity index (χ4n) is 3.32. The second-order valence-corrected chi connectivity index (χ2v) is 10.9. The molecule has 0 aliphatic carbocycles. The van der Waals surface area contributed by atoms with Gasteiger partial charge in [0, 0.05) is 16.6 Å². The van der Waals surface area contributed by atoms with Crippen molar-refractivity contribution in [3.05, 3.63) is 63.1 Å². The number of hydrogen-bond donors (Lipinski definition) is 3. The van der Waals surface area contributed by atoms with Crippen molar-refractivity contribution in [1.82, 2.24) is 9.62 Å². The molecule has 0 fully saturated rings. The molecule has 152 valence electrons. The molecule has 0 saturated carbocycles. The van der Waals surface area contributed by atoms with Crippen LogP contribution in [-0.2, 0) is 21.0 Å². The van der Waals surface area contributed by atoms with Crippen molar-refractivity contribution in [2.45, 2.75) is 17.4 Å². The molecular weight excluding hydrogens is 446 g/mol. The zero-order chi connectivity index (χ0) is 20.7. The molecule has 0 saturated heterocycles. The lowest BCUT2D eigenvalue weighted by Crippen LogP contribution is -2.33. The van der Waals surface area contributed by atoms with Gasteiger partial charge in [-0.1, -0.05) is 35.3 Å². The molecule has 2 aromatic carbocycles. The van der Waals surface area contributed by atoms with Gasteiger partial charge in [-0.2, -0.15) is 4.72 Å². The van der Waals surface area contributed by atoms with Crippen LogP contribution in [0.1, 0.15) is 22.7 Å². The number of nitrogens with zero attached hydrogens (tertiary/aromatic N) is 1. The van der Waals surface area contributed by atoms with Gasteiger partial charge in [-0.25, -0.2) is 8.42 Å². The highest BCUT2D eigenvalue weighted by Crippen LogP contribution is 2.40. The maximum absolute atomic E-state index is 12.4. The summed E-state index contributed by atoms with van der Waals surface area (Å²) in [7, 11) is -6.67. The van der Waals surface area contributed by atoms with E-state index in [1.807, 2.05) is 17.8 Å². The second kappa shape index (κ2) is 8.05. The molecule has 0 amide bonds. The highest BCUT2D eigenvalue weighted by molar-refractivity contribution is 7.89. The molecule has 7 nitrogen and oxygen atoms in total. The Kier molecular flexibility index (Phi) is 6.25. The summed E-state index contributed by atoms with van der Waals surface area (Å²) >= 11 is 12.6. The molecule has 1 aliphatic rings. The number of sulfonamides is 1. The fraction of sp³-hybridized carbons (Fsp3) is 0.294. The summed E-state index contributed by atoms with van der Waals surface area (Å²) in [5.41, 5.74) is 2.58. The SMILES string of the molecule is CN1CCc2cc(Cl)cc(Cl)c2C1c1cccc(S(=O)(=O)NCP(=O)(O)O)c1. The van der Waals surface area contributed by atoms with E-state index in [0.29, 0.717) is 15.6 Å². The van der Waals surface area contributed by atoms with Gasteiger partial charge in [0.25, 0.3) is 0 Å². The Morgan fingerprint density at radius 2 is 1.96 bits per heavy atom. The van der Waals surface area contributed by atoms with E-state index in [2.05, 4.69) is 4.90 Å². The van der Waals surface area contributed by atoms with Crippen LogP contribution in [0.2, 0.25) is 10.0 Å². The number of nitrogens with one attached hydrogen (secondary N) is 1. The second-order valence-electron chi connectivity index (χ2n) is 6.64. The molecule has 11 heteroatoms. The first-order chi connectivity index (χ1) is 13.0. The molecule has 2 aromatic rings. The summed E-state index contributed by atoms with van der Waals surface area (Å²) < 4.78 is 37.8. The summed E-state index contributed by atoms with van der Waals surface area (Å²) in [6, 6.07) is 9.50. The van der Waals surface area contributed by atoms with Crippen molar-refractivity contribution < 1.29 is 22.8 Å². The minimum absolute atomic E-state index is 0.0796. The first kappa shape index (κ1) is 21.7. The zero-order valence-corrected chi connectivity index (χ0v) is 18.1. The zero-order valence-electron chi connectivity index (χ0n) is 14.8. The Morgan fingerprint density at radius 1 is 1.25 bits per heavy atom. The third-order valence-corrected chi connectivity index (χ3v) is 7.29. The predicted octanol–water partition coefficient (Wildman–Crippen LogP) is 2.98. The summed E-state index contributed by atoms with van der Waals surface area (Å²) in [5.74, 6) is 0. The van der Waals surface area contributed by atoms with Gasteiger partial charge in [0.15, 0.2) is 0 Å². The van der Waals surface area contributed by atoms with Crippen LogP contribution < -0.4 is 4.72 Å². The molecule has 0 aromatic heterocycles. The molecule has 28 heavy (non-hydrogen) atoms. The molecule has 1 heterocycles. The van der Waals surface area contributed by atoms with Crippen molar-refractivity contribution in [2.75, 3.05) is 19.9 Å². The number of rotatable bonds is 5. The average molecular weight is 465 g/mol. The van der Waals surface area contributed by atoms with E-state index in [1.54, 1.807) is 18.2 Å². The van der Waals surface area contributed by atoms with Crippen LogP contribution >= 0.6 is 30.8 Å². The molecule has 1 unspecified atom stereocenters. The van der Waals surface area contributed by atoms with E-state index in [9.17, 15) is 13.0 Å². The lowest BCUT2D eigenvalue weighted by molar-refractivity contribution is 0.264. The Morgan fingerprint density at radius 3 is 2.64 bits per heavy atom. The molecule has 0 bridgehead atoms. The minimum atomic E-state index is -4.51. The first-order valence-electron chi connectivity index (χ1n) is 8.30. The third kappa shape index (κ3) is 4.78. The standard InChI is InChI=1S/C17H19Cl2N2O5PS/c1-21-6-5-11-7-13(18)9-15(19)16(11)17(21)12-3-2-4-14(8-12)28(25,26)20-10-27(22,23)24/h2-4,7-9,17,20H,5-6,10H2,1H3,(H2,22,23,24). The average Bonchev–Trinajstić information content (AvgIpc) is 2.60. The Bertz CT molecular complexity index is 1060. The lowest BCUT2D eigenvalue weighted by Gasteiger charge is -2.36. The molecular formula is C17H19Cl2N2O5PS. The van der Waals surface area contributed by atoms with Gasteiger partial charge in [0.2, 0.25) is 10.0 Å². The quantitative estimate of drug-likeness (QED) is 0.587. The van der Waals surface area contributed by atoms with Gasteiger partial charge < -0.3 is 9.79 Å². The number of fused-ring (bicyclic) bond motifs is 1. The summed E-state index contributed by atoms with van der Waals surface area (Å²) in [6.45, 7) is 0.738. The van der Waals surface area contributed by atoms with Crippen LogP contribution in [0.5, 0.6) is 0 Å². The van der Waals surface area contributed by atoms with E-state index in [-0.39, 0.29) is 10.9 Å². The minimum Gasteiger partial charge on any atom is -0.324 e. The van der Waals surface area contributed by atoms with Crippen LogP contribution in [-0.4, -0.2) is 43.0 Å². The number of benzene rings is 2. The smallest absolute Gasteiger partial charge is 0.324 e. The maximum Gasteiger partial charge on any atom is 0.340 e. The van der Waals surface area contributed by atoms with Gasteiger partial charge >= 0.3 is 7.60 Å². The lowest BCUT2D eigenvalue weighted by atomic mass is 9.88. The highest BCUT2D eigenvalue weighted by atomic mass is 35.5. The Hall–Kier alpha value is -0.960. The van der Waals surface area contributed by atoms with Crippen LogP contribution in [0, 0.1) is 0 Å². The van der Waals surface area contributed by atoms with Gasteiger partial charge in [-0.05, 0) is 54.4 Å². The third-order valence-electron chi connectivity index (χ3n) is 4.57. The van der Waals surface area contributed by atoms with Crippen LogP contribution in [0.15, 0.2) is 41.3 Å². The topological polar surface area (TPSA) is 107 Å². The van der Waals surface area contributed by atoms with E-state index in [4.69, 9.17) is 33.0 Å². The summed E-state index contributed by atoms with van der Waals surface area (Å²) in [5, 5.41) is 1.05. The first-order valence-corrected chi connectivity index (χ1v) is 12.3. The number of hydrogen-bond acceptors (Lipinski definition) is 4. The summed E-state index contributed by atoms with van der Waals surface area (Å²) in [6.07, 6.45) is -0.194. The Balaban J connectivity index is 2.02. The van der Waals surface area contributed by atoms with Crippen molar-refractivity contribution >= 4 is 40.8 Å². The maximum atomic E-state index is 12.4. The van der Waals surface area contributed by atoms with Gasteiger partial charge in [0.1, 0.15) is 6.29 Å². The van der Waals surface area contributed by atoms with Crippen molar-refractivity contribution in [1.29, 1.82) is 0 Å². The molecule has 0 radical (unpaired) electrons. The molecule has 0 spiro atoms. The van der Waals surface area contributed by atoms with Crippen molar-refractivity contribution in [2.24, 2.45) is 0 Å². The highest BCUT2D eigenvalue weighted by Gasteiger charge is 2.30. The number of likely N-dealkylation sites (N-methyl/N-ethyl adjacent to an activating group) is 1. The van der Waals surface area contributed by atoms with E-state index in [0.717, 1.165) is 24.1 Å². The monoisotopic (exact) mass is 464 g/mol. The van der Waals surface area contributed by atoms with Crippen LogP contribution in [0.25, 0.3) is 0 Å². The van der Waals surface area contributed by atoms with Gasteiger partial charge in [-0.15, -0.1) is 0 Å². The van der Waals surface area contributed by atoms with E-state index < -0.39 is 23.9 Å². The van der Waals surface area contributed by atoms with Crippen LogP contribution in [0.4, 0.5) is 0 Å². The summed E-state index contributed by atoms with van der Waals surface area (Å²) in [4.78, 5) is 19.9. The molecule has 3 rings (SSSR count). The van der Waals surface area contributed by atoms with Crippen molar-refractivity contribution in [3.8, 4) is 0 Å². The molecule has 1 aliphatic heterocycles. The van der Waals surface area contributed by atoms with E-state index >= 15 is 0 Å². The van der Waals surface area contributed by atoms with E-state index in [1.165, 1.54) is 12.1 Å².